The van der Waals surface area contributed by atoms with Crippen LogP contribution in [0.5, 0.6) is 0 Å². The van der Waals surface area contributed by atoms with E-state index in [-0.39, 0.29) is 11.5 Å². The third-order valence-electron chi connectivity index (χ3n) is 2.75. The number of hydrogen-bond acceptors (Lipinski definition) is 4. The molecule has 1 aromatic rings. The van der Waals surface area contributed by atoms with Gasteiger partial charge in [0.15, 0.2) is 0 Å². The fraction of sp³-hybridized carbons (Fsp3) is 0.462. The standard InChI is InChI=1S/C13H19N3O3/c1-8-5-9(11(17)18)6-10(16-8)15-7-13(2,3)12(19)14-4/h5-6H,7H2,1-4H3,(H,14,19)(H,15,16)(H,17,18). The van der Waals surface area contributed by atoms with Crippen LogP contribution in [0.1, 0.15) is 29.9 Å². The zero-order valence-electron chi connectivity index (χ0n) is 11.6. The normalized spacial score (nSPS) is 10.9. The Balaban J connectivity index is 2.83. The van der Waals surface area contributed by atoms with Crippen molar-refractivity contribution in [2.75, 3.05) is 18.9 Å². The lowest BCUT2D eigenvalue weighted by Crippen LogP contribution is -2.39. The number of aromatic carboxylic acids is 1. The Morgan fingerprint density at radius 1 is 1.37 bits per heavy atom. The van der Waals surface area contributed by atoms with Crippen LogP contribution in [0.3, 0.4) is 0 Å². The molecule has 1 aromatic heterocycles. The minimum absolute atomic E-state index is 0.0916. The largest absolute Gasteiger partial charge is 0.478 e. The second-order valence-corrected chi connectivity index (χ2v) is 5.00. The van der Waals surface area contributed by atoms with Gasteiger partial charge >= 0.3 is 5.97 Å². The first kappa shape index (κ1) is 14.9. The molecule has 0 atom stereocenters. The quantitative estimate of drug-likeness (QED) is 0.745. The summed E-state index contributed by atoms with van der Waals surface area (Å²) in [7, 11) is 1.58. The molecule has 1 rings (SSSR count). The summed E-state index contributed by atoms with van der Waals surface area (Å²) < 4.78 is 0. The Morgan fingerprint density at radius 3 is 2.53 bits per heavy atom. The number of anilines is 1. The summed E-state index contributed by atoms with van der Waals surface area (Å²) in [5, 5.41) is 14.6. The van der Waals surface area contributed by atoms with Crippen LogP contribution in [0.25, 0.3) is 0 Å². The fourth-order valence-electron chi connectivity index (χ4n) is 1.61. The van der Waals surface area contributed by atoms with E-state index in [1.165, 1.54) is 12.1 Å². The van der Waals surface area contributed by atoms with Crippen LogP contribution >= 0.6 is 0 Å². The van der Waals surface area contributed by atoms with Crippen LogP contribution in [0, 0.1) is 12.3 Å². The summed E-state index contributed by atoms with van der Waals surface area (Å²) in [6.45, 7) is 5.68. The first-order valence-electron chi connectivity index (χ1n) is 5.94. The number of hydrogen-bond donors (Lipinski definition) is 3. The third-order valence-corrected chi connectivity index (χ3v) is 2.75. The Kier molecular flexibility index (Phi) is 4.47. The molecule has 0 saturated carbocycles. The summed E-state index contributed by atoms with van der Waals surface area (Å²) in [4.78, 5) is 26.8. The van der Waals surface area contributed by atoms with Gasteiger partial charge in [-0.2, -0.15) is 0 Å². The average Bonchev–Trinajstić information content (AvgIpc) is 2.34. The number of carboxylic acids is 1. The maximum absolute atomic E-state index is 11.6. The summed E-state index contributed by atoms with van der Waals surface area (Å²) in [6.07, 6.45) is 0. The van der Waals surface area contributed by atoms with Gasteiger partial charge in [0, 0.05) is 19.3 Å². The lowest BCUT2D eigenvalue weighted by molar-refractivity contribution is -0.128. The van der Waals surface area contributed by atoms with Gasteiger partial charge in [0.2, 0.25) is 5.91 Å². The lowest BCUT2D eigenvalue weighted by Gasteiger charge is -2.23. The Morgan fingerprint density at radius 2 is 2.00 bits per heavy atom. The highest BCUT2D eigenvalue weighted by Crippen LogP contribution is 2.17. The molecule has 0 bridgehead atoms. The van der Waals surface area contributed by atoms with Crippen molar-refractivity contribution in [2.45, 2.75) is 20.8 Å². The summed E-state index contributed by atoms with van der Waals surface area (Å²) in [5.74, 6) is -0.639. The molecule has 0 radical (unpaired) electrons. The van der Waals surface area contributed by atoms with Crippen molar-refractivity contribution in [1.82, 2.24) is 10.3 Å². The molecule has 0 aromatic carbocycles. The Hall–Kier alpha value is -2.11. The monoisotopic (exact) mass is 265 g/mol. The number of pyridine rings is 1. The topological polar surface area (TPSA) is 91.3 Å². The van der Waals surface area contributed by atoms with E-state index in [2.05, 4.69) is 15.6 Å². The van der Waals surface area contributed by atoms with Gasteiger partial charge in [-0.1, -0.05) is 0 Å². The van der Waals surface area contributed by atoms with Gasteiger partial charge in [-0.15, -0.1) is 0 Å². The molecular formula is C13H19N3O3. The van der Waals surface area contributed by atoms with Crippen molar-refractivity contribution in [3.05, 3.63) is 23.4 Å². The van der Waals surface area contributed by atoms with Gasteiger partial charge in [0.1, 0.15) is 5.82 Å². The molecule has 3 N–H and O–H groups in total. The molecule has 0 unspecified atom stereocenters. The second-order valence-electron chi connectivity index (χ2n) is 5.00. The van der Waals surface area contributed by atoms with Crippen molar-refractivity contribution in [3.8, 4) is 0 Å². The van der Waals surface area contributed by atoms with Crippen molar-refractivity contribution in [1.29, 1.82) is 0 Å². The van der Waals surface area contributed by atoms with Crippen LogP contribution in [-0.2, 0) is 4.79 Å². The van der Waals surface area contributed by atoms with E-state index in [1.807, 2.05) is 0 Å². The van der Waals surface area contributed by atoms with Crippen LogP contribution in [0.15, 0.2) is 12.1 Å². The SMILES string of the molecule is CNC(=O)C(C)(C)CNc1cc(C(=O)O)cc(C)n1. The Labute approximate surface area is 112 Å². The first-order chi connectivity index (χ1) is 8.76. The molecule has 0 aliphatic carbocycles. The Bertz CT molecular complexity index is 498. The molecule has 1 amide bonds. The number of aryl methyl sites for hydroxylation is 1. The second kappa shape index (κ2) is 5.69. The molecule has 1 heterocycles. The number of carbonyl (C=O) groups excluding carboxylic acids is 1. The van der Waals surface area contributed by atoms with E-state index in [0.29, 0.717) is 18.1 Å². The molecule has 0 fully saturated rings. The number of aromatic nitrogens is 1. The molecule has 19 heavy (non-hydrogen) atoms. The maximum Gasteiger partial charge on any atom is 0.335 e. The van der Waals surface area contributed by atoms with E-state index in [9.17, 15) is 9.59 Å². The highest BCUT2D eigenvalue weighted by atomic mass is 16.4. The van der Waals surface area contributed by atoms with Crippen LogP contribution in [0.4, 0.5) is 5.82 Å². The number of nitrogens with zero attached hydrogens (tertiary/aromatic N) is 1. The lowest BCUT2D eigenvalue weighted by atomic mass is 9.92. The van der Waals surface area contributed by atoms with Crippen LogP contribution in [0.2, 0.25) is 0 Å². The van der Waals surface area contributed by atoms with Crippen LogP contribution in [-0.4, -0.2) is 35.6 Å². The van der Waals surface area contributed by atoms with Crippen molar-refractivity contribution >= 4 is 17.7 Å². The van der Waals surface area contributed by atoms with E-state index in [1.54, 1.807) is 27.8 Å². The smallest absolute Gasteiger partial charge is 0.335 e. The summed E-state index contributed by atoms with van der Waals surface area (Å²) in [5.41, 5.74) is 0.178. The molecule has 0 aliphatic rings. The highest BCUT2D eigenvalue weighted by molar-refractivity contribution is 5.88. The number of carboxylic acid groups (broad SMARTS) is 1. The minimum Gasteiger partial charge on any atom is -0.478 e. The maximum atomic E-state index is 11.6. The number of rotatable bonds is 5. The van der Waals surface area contributed by atoms with E-state index < -0.39 is 11.4 Å². The summed E-state index contributed by atoms with van der Waals surface area (Å²) >= 11 is 0. The summed E-state index contributed by atoms with van der Waals surface area (Å²) in [6, 6.07) is 2.95. The molecular weight excluding hydrogens is 246 g/mol. The van der Waals surface area contributed by atoms with Gasteiger partial charge in [-0.05, 0) is 32.9 Å². The average molecular weight is 265 g/mol. The van der Waals surface area contributed by atoms with Crippen molar-refractivity contribution < 1.29 is 14.7 Å². The van der Waals surface area contributed by atoms with Gasteiger partial charge < -0.3 is 15.7 Å². The fourth-order valence-corrected chi connectivity index (χ4v) is 1.61. The van der Waals surface area contributed by atoms with Gasteiger partial charge in [-0.3, -0.25) is 4.79 Å². The zero-order valence-corrected chi connectivity index (χ0v) is 11.6. The van der Waals surface area contributed by atoms with E-state index in [4.69, 9.17) is 5.11 Å². The molecule has 0 saturated heterocycles. The van der Waals surface area contributed by atoms with E-state index in [0.717, 1.165) is 0 Å². The van der Waals surface area contributed by atoms with Gasteiger partial charge in [0.25, 0.3) is 0 Å². The highest BCUT2D eigenvalue weighted by Gasteiger charge is 2.26. The predicted octanol–water partition coefficient (Wildman–Crippen LogP) is 1.27. The zero-order chi connectivity index (χ0) is 14.6. The van der Waals surface area contributed by atoms with Crippen molar-refractivity contribution in [2.24, 2.45) is 5.41 Å². The molecule has 6 nitrogen and oxygen atoms in total. The van der Waals surface area contributed by atoms with E-state index >= 15 is 0 Å². The predicted molar refractivity (Wildman–Crippen MR) is 72.3 cm³/mol. The first-order valence-corrected chi connectivity index (χ1v) is 5.94. The molecule has 0 spiro atoms. The number of nitrogens with one attached hydrogen (secondary N) is 2. The van der Waals surface area contributed by atoms with Crippen LogP contribution < -0.4 is 10.6 Å². The van der Waals surface area contributed by atoms with Gasteiger partial charge in [-0.25, -0.2) is 9.78 Å². The van der Waals surface area contributed by atoms with Crippen molar-refractivity contribution in [3.63, 3.8) is 0 Å². The number of amides is 1. The molecule has 104 valence electrons. The number of carbonyl (C=O) groups is 2. The third kappa shape index (κ3) is 3.94. The molecule has 6 heteroatoms. The van der Waals surface area contributed by atoms with Gasteiger partial charge in [0.05, 0.1) is 11.0 Å². The molecule has 0 aliphatic heterocycles. The minimum atomic E-state index is -1.00.